The minimum absolute atomic E-state index is 0.0603. The Morgan fingerprint density at radius 2 is 1.85 bits per heavy atom. The molecule has 2 fully saturated rings. The van der Waals surface area contributed by atoms with Crippen molar-refractivity contribution in [2.24, 2.45) is 0 Å². The molecule has 8 heteroatoms. The van der Waals surface area contributed by atoms with Gasteiger partial charge in [-0.3, -0.25) is 19.4 Å². The van der Waals surface area contributed by atoms with Gasteiger partial charge < -0.3 is 10.6 Å². The van der Waals surface area contributed by atoms with Crippen LogP contribution in [0, 0.1) is 11.6 Å². The number of nitrogens with one attached hydrogen (secondary N) is 2. The second-order valence-corrected chi connectivity index (χ2v) is 6.95. The number of hydrogen-bond acceptors (Lipinski definition) is 4. The Morgan fingerprint density at radius 1 is 1.15 bits per heavy atom. The molecule has 0 radical (unpaired) electrons. The normalized spacial score (nSPS) is 19.8. The van der Waals surface area contributed by atoms with Gasteiger partial charge in [0.25, 0.3) is 0 Å². The smallest absolute Gasteiger partial charge is 0.241 e. The van der Waals surface area contributed by atoms with Gasteiger partial charge in [-0.2, -0.15) is 0 Å². The summed E-state index contributed by atoms with van der Waals surface area (Å²) >= 11 is 0. The third-order valence-corrected chi connectivity index (χ3v) is 4.83. The van der Waals surface area contributed by atoms with Gasteiger partial charge in [0.05, 0.1) is 12.6 Å². The van der Waals surface area contributed by atoms with Crippen molar-refractivity contribution >= 4 is 17.5 Å². The first-order chi connectivity index (χ1) is 12.4. The van der Waals surface area contributed by atoms with Gasteiger partial charge in [0.15, 0.2) is 11.6 Å². The molecule has 1 unspecified atom stereocenters. The molecule has 0 bridgehead atoms. The lowest BCUT2D eigenvalue weighted by Crippen LogP contribution is -2.54. The van der Waals surface area contributed by atoms with E-state index < -0.39 is 17.7 Å². The molecule has 2 amide bonds. The molecule has 26 heavy (non-hydrogen) atoms. The monoisotopic (exact) mass is 366 g/mol. The number of benzene rings is 1. The second kappa shape index (κ2) is 8.09. The highest BCUT2D eigenvalue weighted by Crippen LogP contribution is 2.18. The summed E-state index contributed by atoms with van der Waals surface area (Å²) in [5.41, 5.74) is 0.233. The molecule has 1 atom stereocenters. The van der Waals surface area contributed by atoms with Crippen LogP contribution in [0.2, 0.25) is 0 Å². The molecule has 1 saturated carbocycles. The second-order valence-electron chi connectivity index (χ2n) is 6.95. The van der Waals surface area contributed by atoms with Crippen molar-refractivity contribution < 1.29 is 18.4 Å². The van der Waals surface area contributed by atoms with E-state index in [1.807, 2.05) is 4.90 Å². The van der Waals surface area contributed by atoms with E-state index in [2.05, 4.69) is 15.5 Å². The fourth-order valence-corrected chi connectivity index (χ4v) is 3.00. The Kier molecular flexibility index (Phi) is 5.83. The molecule has 142 valence electrons. The lowest BCUT2D eigenvalue weighted by molar-refractivity contribution is -0.124. The molecule has 1 aliphatic carbocycles. The summed E-state index contributed by atoms with van der Waals surface area (Å²) in [7, 11) is 0. The van der Waals surface area contributed by atoms with Gasteiger partial charge in [-0.15, -0.1) is 0 Å². The van der Waals surface area contributed by atoms with Gasteiger partial charge in [-0.25, -0.2) is 8.78 Å². The van der Waals surface area contributed by atoms with Gasteiger partial charge in [0, 0.05) is 44.0 Å². The molecule has 0 spiro atoms. The van der Waals surface area contributed by atoms with Crippen LogP contribution in [0.4, 0.5) is 14.5 Å². The number of hydrogen-bond donors (Lipinski definition) is 2. The number of carbonyl (C=O) groups excluding carboxylic acids is 2. The van der Waals surface area contributed by atoms with Crippen LogP contribution in [0.15, 0.2) is 18.2 Å². The quantitative estimate of drug-likeness (QED) is 0.794. The molecule has 1 saturated heterocycles. The number of amides is 2. The van der Waals surface area contributed by atoms with E-state index in [4.69, 9.17) is 0 Å². The van der Waals surface area contributed by atoms with Gasteiger partial charge in [0.1, 0.15) is 0 Å². The number of piperazine rings is 1. The van der Waals surface area contributed by atoms with E-state index in [9.17, 15) is 18.4 Å². The van der Waals surface area contributed by atoms with Crippen LogP contribution in [0.5, 0.6) is 0 Å². The van der Waals surface area contributed by atoms with Crippen molar-refractivity contribution in [2.45, 2.75) is 31.8 Å². The largest absolute Gasteiger partial charge is 0.352 e. The van der Waals surface area contributed by atoms with E-state index in [0.29, 0.717) is 38.8 Å². The van der Waals surface area contributed by atoms with Crippen molar-refractivity contribution in [3.63, 3.8) is 0 Å². The van der Waals surface area contributed by atoms with Crippen molar-refractivity contribution in [2.75, 3.05) is 38.0 Å². The molecular formula is C18H24F2N4O2. The lowest BCUT2D eigenvalue weighted by atomic mass is 10.2. The lowest BCUT2D eigenvalue weighted by Gasteiger charge is -2.37. The Bertz CT molecular complexity index is 673. The molecule has 1 aromatic carbocycles. The average Bonchev–Trinajstić information content (AvgIpc) is 3.42. The maximum absolute atomic E-state index is 13.2. The fraction of sp³-hybridized carbons (Fsp3) is 0.556. The van der Waals surface area contributed by atoms with Crippen LogP contribution >= 0.6 is 0 Å². The predicted molar refractivity (Wildman–Crippen MR) is 93.6 cm³/mol. The molecule has 1 aliphatic heterocycles. The number of halogens is 2. The highest BCUT2D eigenvalue weighted by Gasteiger charge is 2.28. The van der Waals surface area contributed by atoms with Crippen LogP contribution in [0.1, 0.15) is 19.8 Å². The van der Waals surface area contributed by atoms with E-state index in [0.717, 1.165) is 25.0 Å². The van der Waals surface area contributed by atoms with E-state index >= 15 is 0 Å². The predicted octanol–water partition coefficient (Wildman–Crippen LogP) is 1.19. The first-order valence-electron chi connectivity index (χ1n) is 8.94. The minimum atomic E-state index is -0.992. The van der Waals surface area contributed by atoms with Crippen molar-refractivity contribution in [1.29, 1.82) is 0 Å². The van der Waals surface area contributed by atoms with Gasteiger partial charge in [-0.05, 0) is 31.9 Å². The first kappa shape index (κ1) is 18.7. The van der Waals surface area contributed by atoms with Crippen molar-refractivity contribution in [3.05, 3.63) is 29.8 Å². The SMILES string of the molecule is CC(C(=O)Nc1ccc(F)c(F)c1)N1CCN(CC(=O)NC2CC2)CC1. The molecule has 6 nitrogen and oxygen atoms in total. The van der Waals surface area contributed by atoms with Crippen LogP contribution < -0.4 is 10.6 Å². The van der Waals surface area contributed by atoms with E-state index in [1.54, 1.807) is 6.92 Å². The van der Waals surface area contributed by atoms with E-state index in [-0.39, 0.29) is 17.5 Å². The van der Waals surface area contributed by atoms with Gasteiger partial charge in [0.2, 0.25) is 11.8 Å². The summed E-state index contributed by atoms with van der Waals surface area (Å²) in [6.45, 7) is 4.93. The molecule has 3 rings (SSSR count). The van der Waals surface area contributed by atoms with Gasteiger partial charge >= 0.3 is 0 Å². The summed E-state index contributed by atoms with van der Waals surface area (Å²) in [6, 6.07) is 3.26. The summed E-state index contributed by atoms with van der Waals surface area (Å²) in [5, 5.41) is 5.59. The third kappa shape index (κ3) is 4.98. The Balaban J connectivity index is 1.44. The molecule has 0 aromatic heterocycles. The Hall–Kier alpha value is -2.06. The van der Waals surface area contributed by atoms with Crippen molar-refractivity contribution in [3.8, 4) is 0 Å². The molecule has 1 heterocycles. The zero-order valence-corrected chi connectivity index (χ0v) is 14.8. The van der Waals surface area contributed by atoms with Crippen LogP contribution in [0.3, 0.4) is 0 Å². The molecule has 2 aliphatic rings. The average molecular weight is 366 g/mol. The fourth-order valence-electron chi connectivity index (χ4n) is 3.00. The summed E-state index contributed by atoms with van der Waals surface area (Å²) < 4.78 is 26.2. The van der Waals surface area contributed by atoms with Crippen LogP contribution in [0.25, 0.3) is 0 Å². The van der Waals surface area contributed by atoms with Crippen molar-refractivity contribution in [1.82, 2.24) is 15.1 Å². The molecule has 2 N–H and O–H groups in total. The number of nitrogens with zero attached hydrogens (tertiary/aromatic N) is 2. The van der Waals surface area contributed by atoms with Crippen LogP contribution in [-0.4, -0.2) is 66.4 Å². The summed E-state index contributed by atoms with van der Waals surface area (Å²) in [5.74, 6) is -2.15. The number of anilines is 1. The summed E-state index contributed by atoms with van der Waals surface area (Å²) in [4.78, 5) is 28.3. The Morgan fingerprint density at radius 3 is 2.46 bits per heavy atom. The third-order valence-electron chi connectivity index (χ3n) is 4.83. The standard InChI is InChI=1S/C18H24F2N4O2/c1-12(18(26)22-14-4-5-15(19)16(20)10-14)24-8-6-23(7-9-24)11-17(25)21-13-2-3-13/h4-5,10,12-13H,2-3,6-9,11H2,1H3,(H,21,25)(H,22,26). The minimum Gasteiger partial charge on any atom is -0.352 e. The Labute approximate surface area is 151 Å². The highest BCUT2D eigenvalue weighted by molar-refractivity contribution is 5.94. The van der Waals surface area contributed by atoms with Gasteiger partial charge in [-0.1, -0.05) is 0 Å². The molecular weight excluding hydrogens is 342 g/mol. The zero-order chi connectivity index (χ0) is 18.7. The maximum atomic E-state index is 13.2. The van der Waals surface area contributed by atoms with E-state index in [1.165, 1.54) is 6.07 Å². The highest BCUT2D eigenvalue weighted by atomic mass is 19.2. The zero-order valence-electron chi connectivity index (χ0n) is 14.8. The maximum Gasteiger partial charge on any atom is 0.241 e. The van der Waals surface area contributed by atoms with Crippen LogP contribution in [-0.2, 0) is 9.59 Å². The first-order valence-corrected chi connectivity index (χ1v) is 8.94. The molecule has 1 aromatic rings. The number of rotatable bonds is 6. The topological polar surface area (TPSA) is 64.7 Å². The number of carbonyl (C=O) groups is 2. The summed E-state index contributed by atoms with van der Waals surface area (Å²) in [6.07, 6.45) is 2.15.